The van der Waals surface area contributed by atoms with Crippen LogP contribution in [0.4, 0.5) is 0 Å². The standard InChI is InChI=1S/C27H26N2O4/c1-31-24-14-19(15-25(32-2)26(24)33-17-18-8-4-3-5-9-18)27(30)29-13-12-23-21(16-29)20-10-6-7-11-22(20)28-23/h3-11,14-15,28H,12-13,16-17H2,1-2H3. The van der Waals surface area contributed by atoms with Gasteiger partial charge in [-0.3, -0.25) is 4.79 Å². The van der Waals surface area contributed by atoms with Gasteiger partial charge in [0.05, 0.1) is 14.2 Å². The number of aromatic nitrogens is 1. The summed E-state index contributed by atoms with van der Waals surface area (Å²) in [5, 5.41) is 1.17. The maximum atomic E-state index is 13.5. The van der Waals surface area contributed by atoms with E-state index in [1.807, 2.05) is 47.4 Å². The number of H-pyrrole nitrogens is 1. The van der Waals surface area contributed by atoms with Gasteiger partial charge in [-0.05, 0) is 23.8 Å². The number of amides is 1. The van der Waals surface area contributed by atoms with E-state index in [4.69, 9.17) is 14.2 Å². The van der Waals surface area contributed by atoms with Crippen molar-refractivity contribution < 1.29 is 19.0 Å². The molecule has 1 aromatic heterocycles. The number of para-hydroxylation sites is 1. The highest BCUT2D eigenvalue weighted by atomic mass is 16.5. The van der Waals surface area contributed by atoms with E-state index in [9.17, 15) is 4.79 Å². The number of benzene rings is 3. The number of carbonyl (C=O) groups excluding carboxylic acids is 1. The number of methoxy groups -OCH3 is 2. The largest absolute Gasteiger partial charge is 0.493 e. The second-order valence-electron chi connectivity index (χ2n) is 8.09. The fourth-order valence-electron chi connectivity index (χ4n) is 4.40. The molecule has 168 valence electrons. The molecule has 0 bridgehead atoms. The van der Waals surface area contributed by atoms with Gasteiger partial charge in [0, 0.05) is 47.2 Å². The van der Waals surface area contributed by atoms with Crippen molar-refractivity contribution in [2.75, 3.05) is 20.8 Å². The minimum absolute atomic E-state index is 0.0582. The van der Waals surface area contributed by atoms with E-state index in [2.05, 4.69) is 17.1 Å². The van der Waals surface area contributed by atoms with Gasteiger partial charge in [-0.25, -0.2) is 0 Å². The fraction of sp³-hybridized carbons (Fsp3) is 0.222. The van der Waals surface area contributed by atoms with E-state index < -0.39 is 0 Å². The van der Waals surface area contributed by atoms with Crippen molar-refractivity contribution in [3.63, 3.8) is 0 Å². The lowest BCUT2D eigenvalue weighted by molar-refractivity contribution is 0.0734. The molecule has 1 amide bonds. The zero-order chi connectivity index (χ0) is 22.8. The Morgan fingerprint density at radius 3 is 2.39 bits per heavy atom. The molecular weight excluding hydrogens is 416 g/mol. The SMILES string of the molecule is COc1cc(C(=O)N2CCc3[nH]c4ccccc4c3C2)cc(OC)c1OCc1ccccc1. The van der Waals surface area contributed by atoms with Crippen LogP contribution < -0.4 is 14.2 Å². The highest BCUT2D eigenvalue weighted by Gasteiger charge is 2.26. The summed E-state index contributed by atoms with van der Waals surface area (Å²) in [4.78, 5) is 18.8. The zero-order valence-electron chi connectivity index (χ0n) is 18.8. The number of ether oxygens (including phenoxy) is 3. The van der Waals surface area contributed by atoms with E-state index >= 15 is 0 Å². The van der Waals surface area contributed by atoms with Crippen LogP contribution in [0.1, 0.15) is 27.2 Å². The highest BCUT2D eigenvalue weighted by molar-refractivity contribution is 5.96. The molecule has 0 saturated carbocycles. The molecule has 4 aromatic rings. The van der Waals surface area contributed by atoms with Crippen molar-refractivity contribution >= 4 is 16.8 Å². The van der Waals surface area contributed by atoms with Crippen molar-refractivity contribution in [2.45, 2.75) is 19.6 Å². The van der Waals surface area contributed by atoms with Gasteiger partial charge in [0.25, 0.3) is 5.91 Å². The van der Waals surface area contributed by atoms with Crippen LogP contribution in [0.25, 0.3) is 10.9 Å². The van der Waals surface area contributed by atoms with E-state index in [1.54, 1.807) is 26.4 Å². The van der Waals surface area contributed by atoms with E-state index in [0.29, 0.717) is 42.5 Å². The predicted molar refractivity (Wildman–Crippen MR) is 127 cm³/mol. The minimum atomic E-state index is -0.0582. The minimum Gasteiger partial charge on any atom is -0.493 e. The van der Waals surface area contributed by atoms with Crippen molar-refractivity contribution in [1.82, 2.24) is 9.88 Å². The molecule has 0 fully saturated rings. The Balaban J connectivity index is 1.41. The molecule has 0 aliphatic carbocycles. The van der Waals surface area contributed by atoms with E-state index in [0.717, 1.165) is 17.5 Å². The third-order valence-corrected chi connectivity index (χ3v) is 6.10. The summed E-state index contributed by atoms with van der Waals surface area (Å²) < 4.78 is 17.2. The van der Waals surface area contributed by atoms with Gasteiger partial charge in [0.1, 0.15) is 6.61 Å². The molecule has 5 rings (SSSR count). The fourth-order valence-corrected chi connectivity index (χ4v) is 4.40. The van der Waals surface area contributed by atoms with Crippen LogP contribution in [-0.2, 0) is 19.6 Å². The Bertz CT molecular complexity index is 1270. The number of carbonyl (C=O) groups is 1. The predicted octanol–water partition coefficient (Wildman–Crippen LogP) is 4.96. The van der Waals surface area contributed by atoms with Crippen LogP contribution in [-0.4, -0.2) is 36.6 Å². The number of nitrogens with one attached hydrogen (secondary N) is 1. The molecule has 0 unspecified atom stereocenters. The number of hydrogen-bond donors (Lipinski definition) is 1. The molecule has 3 aromatic carbocycles. The summed E-state index contributed by atoms with van der Waals surface area (Å²) in [7, 11) is 3.13. The summed E-state index contributed by atoms with van der Waals surface area (Å²) >= 11 is 0. The summed E-state index contributed by atoms with van der Waals surface area (Å²) in [6.45, 7) is 1.58. The molecule has 2 heterocycles. The first-order valence-electron chi connectivity index (χ1n) is 11.0. The van der Waals surface area contributed by atoms with Crippen LogP contribution >= 0.6 is 0 Å². The Morgan fingerprint density at radius 2 is 1.67 bits per heavy atom. The molecule has 0 saturated heterocycles. The number of hydrogen-bond acceptors (Lipinski definition) is 4. The molecule has 33 heavy (non-hydrogen) atoms. The Labute approximate surface area is 192 Å². The first-order chi connectivity index (χ1) is 16.2. The molecule has 6 nitrogen and oxygen atoms in total. The Hall–Kier alpha value is -3.93. The first-order valence-corrected chi connectivity index (χ1v) is 11.0. The molecular formula is C27H26N2O4. The molecule has 1 N–H and O–H groups in total. The van der Waals surface area contributed by atoms with Crippen molar-refractivity contribution in [3.8, 4) is 17.2 Å². The van der Waals surface area contributed by atoms with Crippen LogP contribution in [0, 0.1) is 0 Å². The lowest BCUT2D eigenvalue weighted by Gasteiger charge is -2.28. The van der Waals surface area contributed by atoms with Gasteiger partial charge in [-0.2, -0.15) is 0 Å². The monoisotopic (exact) mass is 442 g/mol. The molecule has 0 radical (unpaired) electrons. The van der Waals surface area contributed by atoms with Gasteiger partial charge < -0.3 is 24.1 Å². The first kappa shape index (κ1) is 20.9. The van der Waals surface area contributed by atoms with Gasteiger partial charge >= 0.3 is 0 Å². The summed E-state index contributed by atoms with van der Waals surface area (Å²) in [6.07, 6.45) is 0.794. The Kier molecular flexibility index (Phi) is 5.65. The van der Waals surface area contributed by atoms with E-state index in [-0.39, 0.29) is 5.91 Å². The molecule has 1 aliphatic heterocycles. The van der Waals surface area contributed by atoms with Crippen molar-refractivity contribution in [2.24, 2.45) is 0 Å². The summed E-state index contributed by atoms with van der Waals surface area (Å²) in [6, 6.07) is 21.6. The molecule has 6 heteroatoms. The normalized spacial score (nSPS) is 13.0. The molecule has 0 spiro atoms. The number of fused-ring (bicyclic) bond motifs is 3. The second-order valence-corrected chi connectivity index (χ2v) is 8.09. The molecule has 0 atom stereocenters. The smallest absolute Gasteiger partial charge is 0.254 e. The van der Waals surface area contributed by atoms with Crippen LogP contribution in [0.3, 0.4) is 0 Å². The van der Waals surface area contributed by atoms with Crippen molar-refractivity contribution in [1.29, 1.82) is 0 Å². The zero-order valence-corrected chi connectivity index (χ0v) is 18.8. The average molecular weight is 443 g/mol. The average Bonchev–Trinajstić information content (AvgIpc) is 3.25. The second kappa shape index (κ2) is 8.90. The van der Waals surface area contributed by atoms with Gasteiger partial charge in [-0.1, -0.05) is 48.5 Å². The summed E-state index contributed by atoms with van der Waals surface area (Å²) in [5.41, 5.74) is 5.05. The highest BCUT2D eigenvalue weighted by Crippen LogP contribution is 2.40. The molecule has 1 aliphatic rings. The number of aromatic amines is 1. The Morgan fingerprint density at radius 1 is 0.970 bits per heavy atom. The quantitative estimate of drug-likeness (QED) is 0.458. The van der Waals surface area contributed by atoms with Gasteiger partial charge in [0.15, 0.2) is 11.5 Å². The van der Waals surface area contributed by atoms with Gasteiger partial charge in [0.2, 0.25) is 5.75 Å². The lowest BCUT2D eigenvalue weighted by Crippen LogP contribution is -2.35. The maximum Gasteiger partial charge on any atom is 0.254 e. The van der Waals surface area contributed by atoms with Crippen molar-refractivity contribution in [3.05, 3.63) is 89.1 Å². The third-order valence-electron chi connectivity index (χ3n) is 6.10. The van der Waals surface area contributed by atoms with Crippen LogP contribution in [0.5, 0.6) is 17.2 Å². The third kappa shape index (κ3) is 4.00. The number of nitrogens with zero attached hydrogens (tertiary/aromatic N) is 1. The lowest BCUT2D eigenvalue weighted by atomic mass is 10.0. The van der Waals surface area contributed by atoms with Crippen LogP contribution in [0.15, 0.2) is 66.7 Å². The van der Waals surface area contributed by atoms with Crippen LogP contribution in [0.2, 0.25) is 0 Å². The topological polar surface area (TPSA) is 63.8 Å². The van der Waals surface area contributed by atoms with E-state index in [1.165, 1.54) is 16.6 Å². The summed E-state index contributed by atoms with van der Waals surface area (Å²) in [5.74, 6) is 1.37. The maximum absolute atomic E-state index is 13.5. The van der Waals surface area contributed by atoms with Gasteiger partial charge in [-0.15, -0.1) is 0 Å². The number of rotatable bonds is 6.